The second-order valence-corrected chi connectivity index (χ2v) is 4.63. The van der Waals surface area contributed by atoms with Gasteiger partial charge in [0.05, 0.1) is 5.41 Å². The van der Waals surface area contributed by atoms with Gasteiger partial charge in [-0.25, -0.2) is 0 Å². The van der Waals surface area contributed by atoms with Crippen LogP contribution in [-0.4, -0.2) is 19.5 Å². The molecule has 1 aliphatic carbocycles. The summed E-state index contributed by atoms with van der Waals surface area (Å²) in [5.41, 5.74) is 1.90. The predicted octanol–water partition coefficient (Wildman–Crippen LogP) is 1.93. The molecule has 0 atom stereocenters. The van der Waals surface area contributed by atoms with Crippen molar-refractivity contribution in [3.05, 3.63) is 29.8 Å². The molecule has 1 amide bonds. The minimum absolute atomic E-state index is 0.146. The van der Waals surface area contributed by atoms with E-state index in [4.69, 9.17) is 0 Å². The van der Waals surface area contributed by atoms with Crippen LogP contribution in [0.1, 0.15) is 18.4 Å². The minimum Gasteiger partial charge on any atom is -0.326 e. The molecule has 1 aromatic rings. The molecule has 1 fully saturated rings. The molecular formula is C13H18N2O. The second kappa shape index (κ2) is 4.26. The average molecular weight is 218 g/mol. The van der Waals surface area contributed by atoms with Crippen LogP contribution in [0.15, 0.2) is 24.3 Å². The molecule has 2 N–H and O–H groups in total. The molecule has 86 valence electrons. The Labute approximate surface area is 96.2 Å². The highest BCUT2D eigenvalue weighted by atomic mass is 16.2. The van der Waals surface area contributed by atoms with Crippen molar-refractivity contribution in [3.8, 4) is 0 Å². The van der Waals surface area contributed by atoms with Gasteiger partial charge >= 0.3 is 0 Å². The summed E-state index contributed by atoms with van der Waals surface area (Å²) in [5, 5.41) is 6.08. The number of hydrogen-bond acceptors (Lipinski definition) is 2. The lowest BCUT2D eigenvalue weighted by Crippen LogP contribution is -2.32. The standard InChI is InChI=1S/C13H18N2O/c1-10-4-3-5-11(8-10)15-12(16)13(6-7-13)9-14-2/h3-5,8,14H,6-7,9H2,1-2H3,(H,15,16). The summed E-state index contributed by atoms with van der Waals surface area (Å²) in [4.78, 5) is 12.0. The first-order valence-electron chi connectivity index (χ1n) is 5.69. The molecule has 0 spiro atoms. The zero-order valence-corrected chi connectivity index (χ0v) is 9.84. The van der Waals surface area contributed by atoms with Gasteiger partial charge in [0.15, 0.2) is 0 Å². The molecule has 0 unspecified atom stereocenters. The van der Waals surface area contributed by atoms with E-state index < -0.39 is 0 Å². The largest absolute Gasteiger partial charge is 0.326 e. The lowest BCUT2D eigenvalue weighted by atomic mass is 10.1. The molecule has 3 heteroatoms. The summed E-state index contributed by atoms with van der Waals surface area (Å²) >= 11 is 0. The number of hydrogen-bond donors (Lipinski definition) is 2. The Morgan fingerprint density at radius 1 is 1.44 bits per heavy atom. The third-order valence-corrected chi connectivity index (χ3v) is 3.13. The Balaban J connectivity index is 2.02. The van der Waals surface area contributed by atoms with Gasteiger partial charge < -0.3 is 10.6 Å². The van der Waals surface area contributed by atoms with E-state index in [0.717, 1.165) is 30.6 Å². The van der Waals surface area contributed by atoms with Crippen LogP contribution in [-0.2, 0) is 4.79 Å². The first-order chi connectivity index (χ1) is 7.66. The third kappa shape index (κ3) is 2.25. The highest BCUT2D eigenvalue weighted by Gasteiger charge is 2.49. The van der Waals surface area contributed by atoms with E-state index in [-0.39, 0.29) is 11.3 Å². The second-order valence-electron chi connectivity index (χ2n) is 4.63. The smallest absolute Gasteiger partial charge is 0.231 e. The summed E-state index contributed by atoms with van der Waals surface area (Å²) in [6.45, 7) is 2.79. The average Bonchev–Trinajstić information content (AvgIpc) is 2.99. The van der Waals surface area contributed by atoms with Crippen molar-refractivity contribution < 1.29 is 4.79 Å². The van der Waals surface area contributed by atoms with Gasteiger partial charge in [-0.15, -0.1) is 0 Å². The van der Waals surface area contributed by atoms with Gasteiger partial charge in [-0.1, -0.05) is 12.1 Å². The van der Waals surface area contributed by atoms with Crippen molar-refractivity contribution in [1.82, 2.24) is 5.32 Å². The number of benzene rings is 1. The monoisotopic (exact) mass is 218 g/mol. The SMILES string of the molecule is CNCC1(C(=O)Nc2cccc(C)c2)CC1. The van der Waals surface area contributed by atoms with Gasteiger partial charge in [0, 0.05) is 12.2 Å². The van der Waals surface area contributed by atoms with Crippen molar-refractivity contribution in [3.63, 3.8) is 0 Å². The van der Waals surface area contributed by atoms with E-state index in [1.807, 2.05) is 38.2 Å². The van der Waals surface area contributed by atoms with Crippen LogP contribution in [0.2, 0.25) is 0 Å². The number of aryl methyl sites for hydroxylation is 1. The maximum atomic E-state index is 12.0. The van der Waals surface area contributed by atoms with Crippen LogP contribution < -0.4 is 10.6 Å². The van der Waals surface area contributed by atoms with Crippen molar-refractivity contribution in [2.75, 3.05) is 18.9 Å². The number of nitrogens with one attached hydrogen (secondary N) is 2. The Morgan fingerprint density at radius 3 is 2.75 bits per heavy atom. The summed E-state index contributed by atoms with van der Waals surface area (Å²) in [7, 11) is 1.89. The Morgan fingerprint density at radius 2 is 2.19 bits per heavy atom. The molecule has 2 rings (SSSR count). The molecule has 1 saturated carbocycles. The molecule has 0 aromatic heterocycles. The normalized spacial score (nSPS) is 16.9. The van der Waals surface area contributed by atoms with Gasteiger partial charge in [-0.2, -0.15) is 0 Å². The lowest BCUT2D eigenvalue weighted by molar-refractivity contribution is -0.120. The summed E-state index contributed by atoms with van der Waals surface area (Å²) in [6.07, 6.45) is 1.98. The zero-order valence-electron chi connectivity index (χ0n) is 9.84. The molecule has 16 heavy (non-hydrogen) atoms. The molecule has 0 radical (unpaired) electrons. The molecular weight excluding hydrogens is 200 g/mol. The maximum absolute atomic E-state index is 12.0. The first kappa shape index (κ1) is 11.1. The molecule has 1 aromatic carbocycles. The molecule has 0 heterocycles. The van der Waals surface area contributed by atoms with Crippen LogP contribution in [0.5, 0.6) is 0 Å². The highest BCUT2D eigenvalue weighted by molar-refractivity contribution is 5.97. The van der Waals surface area contributed by atoms with Crippen molar-refractivity contribution in [1.29, 1.82) is 0 Å². The molecule has 3 nitrogen and oxygen atoms in total. The van der Waals surface area contributed by atoms with Crippen LogP contribution in [0.25, 0.3) is 0 Å². The topological polar surface area (TPSA) is 41.1 Å². The fourth-order valence-corrected chi connectivity index (χ4v) is 1.96. The Bertz CT molecular complexity index is 397. The van der Waals surface area contributed by atoms with E-state index in [0.29, 0.717) is 0 Å². The van der Waals surface area contributed by atoms with Crippen molar-refractivity contribution >= 4 is 11.6 Å². The summed E-state index contributed by atoms with van der Waals surface area (Å²) in [5.74, 6) is 0.146. The predicted molar refractivity (Wildman–Crippen MR) is 65.4 cm³/mol. The number of amides is 1. The first-order valence-corrected chi connectivity index (χ1v) is 5.69. The number of carbonyl (C=O) groups is 1. The van der Waals surface area contributed by atoms with Crippen LogP contribution >= 0.6 is 0 Å². The quantitative estimate of drug-likeness (QED) is 0.810. The number of carbonyl (C=O) groups excluding carboxylic acids is 1. The lowest BCUT2D eigenvalue weighted by Gasteiger charge is -2.14. The minimum atomic E-state index is -0.154. The molecule has 0 saturated heterocycles. The van der Waals surface area contributed by atoms with Crippen LogP contribution in [0.3, 0.4) is 0 Å². The molecule has 0 bridgehead atoms. The fourth-order valence-electron chi connectivity index (χ4n) is 1.96. The molecule has 1 aliphatic rings. The summed E-state index contributed by atoms with van der Waals surface area (Å²) < 4.78 is 0. The van der Waals surface area contributed by atoms with Crippen molar-refractivity contribution in [2.45, 2.75) is 19.8 Å². The highest BCUT2D eigenvalue weighted by Crippen LogP contribution is 2.45. The maximum Gasteiger partial charge on any atom is 0.231 e. The van der Waals surface area contributed by atoms with E-state index >= 15 is 0 Å². The molecule has 0 aliphatic heterocycles. The van der Waals surface area contributed by atoms with Gasteiger partial charge in [0.25, 0.3) is 0 Å². The van der Waals surface area contributed by atoms with E-state index in [9.17, 15) is 4.79 Å². The van der Waals surface area contributed by atoms with Gasteiger partial charge in [0.2, 0.25) is 5.91 Å². The summed E-state index contributed by atoms with van der Waals surface area (Å²) in [6, 6.07) is 7.91. The Hall–Kier alpha value is -1.35. The van der Waals surface area contributed by atoms with E-state index in [1.54, 1.807) is 0 Å². The van der Waals surface area contributed by atoms with Crippen molar-refractivity contribution in [2.24, 2.45) is 5.41 Å². The number of rotatable bonds is 4. The number of anilines is 1. The van der Waals surface area contributed by atoms with Crippen LogP contribution in [0, 0.1) is 12.3 Å². The van der Waals surface area contributed by atoms with Gasteiger partial charge in [-0.05, 0) is 44.5 Å². The van der Waals surface area contributed by atoms with E-state index in [2.05, 4.69) is 10.6 Å². The van der Waals surface area contributed by atoms with Gasteiger partial charge in [0.1, 0.15) is 0 Å². The van der Waals surface area contributed by atoms with Crippen LogP contribution in [0.4, 0.5) is 5.69 Å². The Kier molecular flexibility index (Phi) is 2.97. The zero-order chi connectivity index (χ0) is 11.6. The third-order valence-electron chi connectivity index (χ3n) is 3.13. The van der Waals surface area contributed by atoms with Gasteiger partial charge in [-0.3, -0.25) is 4.79 Å². The van der Waals surface area contributed by atoms with E-state index in [1.165, 1.54) is 0 Å². The fraction of sp³-hybridized carbons (Fsp3) is 0.462.